The Bertz CT molecular complexity index is 528. The van der Waals surface area contributed by atoms with Crippen LogP contribution in [-0.2, 0) is 0 Å². The van der Waals surface area contributed by atoms with E-state index in [1.165, 1.54) is 6.42 Å². The number of nitrogens with zero attached hydrogens (tertiary/aromatic N) is 1. The van der Waals surface area contributed by atoms with Crippen molar-refractivity contribution in [1.82, 2.24) is 0 Å². The molecule has 3 unspecified atom stereocenters. The van der Waals surface area contributed by atoms with Crippen molar-refractivity contribution in [3.8, 4) is 6.07 Å². The highest BCUT2D eigenvalue weighted by Gasteiger charge is 2.50. The highest BCUT2D eigenvalue weighted by molar-refractivity contribution is 5.58. The van der Waals surface area contributed by atoms with Gasteiger partial charge in [-0.2, -0.15) is 5.26 Å². The van der Waals surface area contributed by atoms with E-state index in [4.69, 9.17) is 0 Å². The first-order valence-electron chi connectivity index (χ1n) is 7.13. The largest absolute Gasteiger partial charge is 0.385 e. The zero-order valence-electron chi connectivity index (χ0n) is 11.0. The van der Waals surface area contributed by atoms with Crippen LogP contribution in [0.3, 0.4) is 0 Å². The molecule has 0 bridgehead atoms. The highest BCUT2D eigenvalue weighted by Crippen LogP contribution is 2.52. The fraction of sp³-hybridized carbons (Fsp3) is 0.471. The topological polar surface area (TPSA) is 44.0 Å². The van der Waals surface area contributed by atoms with E-state index in [-0.39, 0.29) is 11.8 Å². The van der Waals surface area contributed by atoms with Gasteiger partial charge in [0.15, 0.2) is 0 Å². The third-order valence-corrected chi connectivity index (χ3v) is 4.71. The van der Waals surface area contributed by atoms with Crippen molar-refractivity contribution >= 4 is 6.08 Å². The van der Waals surface area contributed by atoms with E-state index >= 15 is 0 Å². The third kappa shape index (κ3) is 2.09. The minimum absolute atomic E-state index is 0.117. The van der Waals surface area contributed by atoms with E-state index in [0.29, 0.717) is 0 Å². The summed E-state index contributed by atoms with van der Waals surface area (Å²) in [6.45, 7) is 0. The second-order valence-corrected chi connectivity index (χ2v) is 5.79. The lowest BCUT2D eigenvalue weighted by Gasteiger charge is -2.35. The van der Waals surface area contributed by atoms with E-state index in [1.807, 2.05) is 36.4 Å². The summed E-state index contributed by atoms with van der Waals surface area (Å²) in [5.41, 5.74) is 1.30. The molecule has 2 saturated carbocycles. The Morgan fingerprint density at radius 3 is 2.79 bits per heavy atom. The van der Waals surface area contributed by atoms with Crippen LogP contribution in [0.5, 0.6) is 0 Å². The van der Waals surface area contributed by atoms with Crippen LogP contribution in [0.2, 0.25) is 0 Å². The normalized spacial score (nSPS) is 35.9. The average molecular weight is 253 g/mol. The van der Waals surface area contributed by atoms with Crippen molar-refractivity contribution in [1.29, 1.82) is 5.26 Å². The molecule has 0 spiro atoms. The van der Waals surface area contributed by atoms with Gasteiger partial charge in [-0.3, -0.25) is 0 Å². The molecule has 2 nitrogen and oxygen atoms in total. The van der Waals surface area contributed by atoms with Crippen molar-refractivity contribution < 1.29 is 5.11 Å². The Labute approximate surface area is 114 Å². The maximum atomic E-state index is 11.0. The molecule has 98 valence electrons. The molecule has 0 heterocycles. The molecule has 1 aromatic carbocycles. The van der Waals surface area contributed by atoms with Crippen LogP contribution in [0.1, 0.15) is 37.7 Å². The lowest BCUT2D eigenvalue weighted by molar-refractivity contribution is 0.00407. The van der Waals surface area contributed by atoms with Crippen LogP contribution in [0, 0.1) is 23.2 Å². The molecule has 19 heavy (non-hydrogen) atoms. The first-order chi connectivity index (χ1) is 9.24. The molecule has 2 fully saturated rings. The zero-order valence-corrected chi connectivity index (χ0v) is 11.0. The molecule has 0 radical (unpaired) electrons. The number of hydrogen-bond acceptors (Lipinski definition) is 2. The van der Waals surface area contributed by atoms with Crippen LogP contribution < -0.4 is 0 Å². The smallest absolute Gasteiger partial charge is 0.0901 e. The summed E-state index contributed by atoms with van der Waals surface area (Å²) in [4.78, 5) is 0. The van der Waals surface area contributed by atoms with Gasteiger partial charge in [0.1, 0.15) is 0 Å². The monoisotopic (exact) mass is 253 g/mol. The van der Waals surface area contributed by atoms with E-state index in [1.54, 1.807) is 0 Å². The zero-order chi connectivity index (χ0) is 13.3. The molecule has 2 aliphatic carbocycles. The summed E-state index contributed by atoms with van der Waals surface area (Å²) in [6, 6.07) is 12.4. The lowest BCUT2D eigenvalue weighted by atomic mass is 9.75. The quantitative estimate of drug-likeness (QED) is 0.832. The van der Waals surface area contributed by atoms with Crippen LogP contribution in [-0.4, -0.2) is 10.7 Å². The Balaban J connectivity index is 2.01. The van der Waals surface area contributed by atoms with Crippen molar-refractivity contribution in [2.24, 2.45) is 11.8 Å². The SMILES string of the molecule is N#CC1CC2CCCCC2(O)/C1=C/c1ccccc1. The van der Waals surface area contributed by atoms with Crippen molar-refractivity contribution in [3.63, 3.8) is 0 Å². The standard InChI is InChI=1S/C17H19NO/c18-12-14-11-15-8-4-5-9-17(15,19)16(14)10-13-6-2-1-3-7-13/h1-3,6-7,10,14-15,19H,4-5,8-9,11H2/b16-10+. The van der Waals surface area contributed by atoms with Gasteiger partial charge in [0.2, 0.25) is 0 Å². The Morgan fingerprint density at radius 1 is 1.26 bits per heavy atom. The molecule has 1 aromatic rings. The van der Waals surface area contributed by atoms with Gasteiger partial charge in [0, 0.05) is 0 Å². The van der Waals surface area contributed by atoms with Gasteiger partial charge >= 0.3 is 0 Å². The summed E-state index contributed by atoms with van der Waals surface area (Å²) in [7, 11) is 0. The van der Waals surface area contributed by atoms with Gasteiger partial charge in [0.25, 0.3) is 0 Å². The lowest BCUT2D eigenvalue weighted by Crippen LogP contribution is -2.37. The Kier molecular flexibility index (Phi) is 3.16. The number of hydrogen-bond donors (Lipinski definition) is 1. The molecule has 0 amide bonds. The number of rotatable bonds is 1. The van der Waals surface area contributed by atoms with Gasteiger partial charge in [-0.25, -0.2) is 0 Å². The van der Waals surface area contributed by atoms with Crippen LogP contribution >= 0.6 is 0 Å². The highest BCUT2D eigenvalue weighted by atomic mass is 16.3. The summed E-state index contributed by atoms with van der Waals surface area (Å²) >= 11 is 0. The maximum absolute atomic E-state index is 11.0. The van der Waals surface area contributed by atoms with Gasteiger partial charge in [-0.1, -0.05) is 49.2 Å². The fourth-order valence-corrected chi connectivity index (χ4v) is 3.71. The molecular weight excluding hydrogens is 234 g/mol. The summed E-state index contributed by atoms with van der Waals surface area (Å²) in [5.74, 6) is 0.161. The first kappa shape index (κ1) is 12.4. The summed E-state index contributed by atoms with van der Waals surface area (Å²) in [5, 5.41) is 20.4. The van der Waals surface area contributed by atoms with E-state index in [0.717, 1.165) is 36.8 Å². The van der Waals surface area contributed by atoms with Crippen molar-refractivity contribution in [2.75, 3.05) is 0 Å². The first-order valence-corrected chi connectivity index (χ1v) is 7.13. The van der Waals surface area contributed by atoms with E-state index < -0.39 is 5.60 Å². The van der Waals surface area contributed by atoms with E-state index in [9.17, 15) is 10.4 Å². The molecule has 2 aliphatic rings. The molecule has 3 atom stereocenters. The summed E-state index contributed by atoms with van der Waals surface area (Å²) in [6.07, 6.45) is 6.99. The van der Waals surface area contributed by atoms with Crippen LogP contribution in [0.4, 0.5) is 0 Å². The van der Waals surface area contributed by atoms with Gasteiger partial charge < -0.3 is 5.11 Å². The van der Waals surface area contributed by atoms with Crippen molar-refractivity contribution in [3.05, 3.63) is 41.5 Å². The molecule has 0 aliphatic heterocycles. The van der Waals surface area contributed by atoms with Crippen LogP contribution in [0.25, 0.3) is 6.08 Å². The minimum Gasteiger partial charge on any atom is -0.385 e. The van der Waals surface area contributed by atoms with E-state index in [2.05, 4.69) is 6.07 Å². The Morgan fingerprint density at radius 2 is 2.05 bits per heavy atom. The molecule has 3 rings (SSSR count). The third-order valence-electron chi connectivity index (χ3n) is 4.71. The molecule has 1 N–H and O–H groups in total. The molecule has 0 aromatic heterocycles. The van der Waals surface area contributed by atoms with Gasteiger partial charge in [-0.05, 0) is 36.3 Å². The second kappa shape index (κ2) is 4.83. The molecule has 2 heteroatoms. The maximum Gasteiger partial charge on any atom is 0.0901 e. The number of benzene rings is 1. The number of aliphatic hydroxyl groups is 1. The predicted octanol–water partition coefficient (Wildman–Crippen LogP) is 3.53. The summed E-state index contributed by atoms with van der Waals surface area (Å²) < 4.78 is 0. The Hall–Kier alpha value is -1.59. The predicted molar refractivity (Wildman–Crippen MR) is 75.0 cm³/mol. The van der Waals surface area contributed by atoms with Gasteiger partial charge in [0.05, 0.1) is 17.6 Å². The fourth-order valence-electron chi connectivity index (χ4n) is 3.71. The average Bonchev–Trinajstić information content (AvgIpc) is 2.73. The minimum atomic E-state index is -0.728. The van der Waals surface area contributed by atoms with Crippen molar-refractivity contribution in [2.45, 2.75) is 37.7 Å². The number of fused-ring (bicyclic) bond motifs is 1. The second-order valence-electron chi connectivity index (χ2n) is 5.79. The van der Waals surface area contributed by atoms with Crippen LogP contribution in [0.15, 0.2) is 35.9 Å². The number of nitriles is 1. The molecular formula is C17H19NO. The molecule has 0 saturated heterocycles. The van der Waals surface area contributed by atoms with Gasteiger partial charge in [-0.15, -0.1) is 0 Å².